The Balaban J connectivity index is 4.46. The molecule has 37 heavy (non-hydrogen) atoms. The maximum Gasteiger partial charge on any atom is 0.306 e. The molecule has 0 atom stereocenters. The molecule has 0 N–H and O–H groups in total. The highest BCUT2D eigenvalue weighted by molar-refractivity contribution is 5.78. The van der Waals surface area contributed by atoms with E-state index < -0.39 is 36.0 Å². The molecule has 214 valence electrons. The summed E-state index contributed by atoms with van der Waals surface area (Å²) in [5, 5.41) is 0. The molecule has 0 saturated carbocycles. The quantitative estimate of drug-likeness (QED) is 0.133. The molecule has 0 bridgehead atoms. The Bertz CT molecular complexity index is 689. The van der Waals surface area contributed by atoms with Gasteiger partial charge in [-0.15, -0.1) is 0 Å². The van der Waals surface area contributed by atoms with Crippen molar-refractivity contribution in [2.75, 3.05) is 81.8 Å². The van der Waals surface area contributed by atoms with Crippen LogP contribution in [0.2, 0.25) is 0 Å². The van der Waals surface area contributed by atoms with Gasteiger partial charge in [0.2, 0.25) is 0 Å². The first-order valence-electron chi connectivity index (χ1n) is 12.5. The summed E-state index contributed by atoms with van der Waals surface area (Å²) < 4.78 is 26.9. The Labute approximate surface area is 220 Å². The highest BCUT2D eigenvalue weighted by atomic mass is 16.6. The number of hydrogen-bond donors (Lipinski definition) is 0. The van der Waals surface area contributed by atoms with E-state index in [1.165, 1.54) is 0 Å². The Hall–Kier alpha value is -2.73. The van der Waals surface area contributed by atoms with E-state index in [4.69, 9.17) is 23.7 Å². The van der Waals surface area contributed by atoms with Gasteiger partial charge in [-0.1, -0.05) is 6.92 Å². The van der Waals surface area contributed by atoms with Crippen molar-refractivity contribution in [3.05, 3.63) is 0 Å². The highest BCUT2D eigenvalue weighted by Gasteiger charge is 2.20. The fourth-order valence-corrected chi connectivity index (χ4v) is 2.50. The van der Waals surface area contributed by atoms with E-state index in [9.17, 15) is 24.0 Å². The first-order valence-corrected chi connectivity index (χ1v) is 12.5. The summed E-state index contributed by atoms with van der Waals surface area (Å²) in [6.07, 6.45) is -0.996. The van der Waals surface area contributed by atoms with Crippen LogP contribution in [-0.4, -0.2) is 127 Å². The lowest BCUT2D eigenvalue weighted by Gasteiger charge is -2.23. The standard InChI is InChI=1S/C25H46N2O10/c1-8-9-25(32)37-20(18-35-23(30)12-10-21(28)33-16-14-26(2,3)4)19-36-24(31)13-11-22(29)34-17-15-27(5,6)7/h20H,8-19H2,1-7H3/q+2. The molecule has 0 saturated heterocycles. The van der Waals surface area contributed by atoms with Gasteiger partial charge in [0.05, 0.1) is 68.0 Å². The van der Waals surface area contributed by atoms with Crippen molar-refractivity contribution in [2.24, 2.45) is 0 Å². The molecule has 0 aromatic carbocycles. The van der Waals surface area contributed by atoms with Gasteiger partial charge in [0.1, 0.15) is 39.5 Å². The Morgan fingerprint density at radius 3 is 1.22 bits per heavy atom. The van der Waals surface area contributed by atoms with E-state index >= 15 is 0 Å². The Morgan fingerprint density at radius 2 is 0.892 bits per heavy atom. The Kier molecular flexibility index (Phi) is 16.4. The van der Waals surface area contributed by atoms with Crippen molar-refractivity contribution >= 4 is 29.8 Å². The number of nitrogens with zero attached hydrogens (tertiary/aromatic N) is 2. The normalized spacial score (nSPS) is 11.6. The zero-order chi connectivity index (χ0) is 28.5. The average Bonchev–Trinajstić information content (AvgIpc) is 2.76. The van der Waals surface area contributed by atoms with Crippen LogP contribution in [0.5, 0.6) is 0 Å². The van der Waals surface area contributed by atoms with Crippen LogP contribution in [0.25, 0.3) is 0 Å². The lowest BCUT2D eigenvalue weighted by atomic mass is 10.3. The topological polar surface area (TPSA) is 132 Å². The molecule has 0 aromatic rings. The first kappa shape index (κ1) is 34.3. The van der Waals surface area contributed by atoms with Crippen LogP contribution in [0, 0.1) is 0 Å². The summed E-state index contributed by atoms with van der Waals surface area (Å²) in [6, 6.07) is 0. The molecule has 0 aliphatic carbocycles. The minimum absolute atomic E-state index is 0.143. The SMILES string of the molecule is CCCC(=O)OC(COC(=O)CCC(=O)OCC[N+](C)(C)C)COC(=O)CCC(=O)OCC[N+](C)(C)C. The van der Waals surface area contributed by atoms with Crippen LogP contribution < -0.4 is 0 Å². The van der Waals surface area contributed by atoms with Crippen molar-refractivity contribution in [1.29, 1.82) is 0 Å². The second kappa shape index (κ2) is 17.7. The summed E-state index contributed by atoms with van der Waals surface area (Å²) in [7, 11) is 11.8. The van der Waals surface area contributed by atoms with Gasteiger partial charge in [0.15, 0.2) is 6.10 Å². The van der Waals surface area contributed by atoms with Crippen molar-refractivity contribution in [1.82, 2.24) is 0 Å². The number of likely N-dealkylation sites (N-methyl/N-ethyl adjacent to an activating group) is 2. The largest absolute Gasteiger partial charge is 0.462 e. The van der Waals surface area contributed by atoms with Gasteiger partial charge in [-0.05, 0) is 6.42 Å². The molecule has 0 heterocycles. The number of hydrogen-bond acceptors (Lipinski definition) is 10. The maximum absolute atomic E-state index is 12.0. The smallest absolute Gasteiger partial charge is 0.306 e. The molecule has 0 spiro atoms. The summed E-state index contributed by atoms with van der Waals surface area (Å²) >= 11 is 0. The second-order valence-electron chi connectivity index (χ2n) is 10.7. The van der Waals surface area contributed by atoms with Crippen LogP contribution in [-0.2, 0) is 47.7 Å². The third kappa shape index (κ3) is 22.2. The second-order valence-corrected chi connectivity index (χ2v) is 10.7. The average molecular weight is 535 g/mol. The number of carbonyl (C=O) groups excluding carboxylic acids is 5. The molecule has 0 aromatic heterocycles. The Morgan fingerprint density at radius 1 is 0.541 bits per heavy atom. The van der Waals surface area contributed by atoms with Crippen molar-refractivity contribution in [3.8, 4) is 0 Å². The zero-order valence-electron chi connectivity index (χ0n) is 23.5. The van der Waals surface area contributed by atoms with Crippen LogP contribution >= 0.6 is 0 Å². The summed E-state index contributed by atoms with van der Waals surface area (Å²) in [5.74, 6) is -2.91. The van der Waals surface area contributed by atoms with Gasteiger partial charge in [0, 0.05) is 6.42 Å². The van der Waals surface area contributed by atoms with E-state index in [1.54, 1.807) is 6.92 Å². The fraction of sp³-hybridized carbons (Fsp3) is 0.800. The lowest BCUT2D eigenvalue weighted by Crippen LogP contribution is -2.38. The monoisotopic (exact) mass is 534 g/mol. The van der Waals surface area contributed by atoms with Gasteiger partial charge >= 0.3 is 29.8 Å². The molecule has 0 rings (SSSR count). The van der Waals surface area contributed by atoms with Crippen LogP contribution in [0.3, 0.4) is 0 Å². The van der Waals surface area contributed by atoms with Crippen molar-refractivity contribution < 1.29 is 56.6 Å². The predicted molar refractivity (Wildman–Crippen MR) is 133 cm³/mol. The fourth-order valence-electron chi connectivity index (χ4n) is 2.50. The van der Waals surface area contributed by atoms with Gasteiger partial charge in [-0.2, -0.15) is 0 Å². The molecule has 0 fully saturated rings. The van der Waals surface area contributed by atoms with Crippen LogP contribution in [0.1, 0.15) is 45.4 Å². The molecule has 12 nitrogen and oxygen atoms in total. The number of ether oxygens (including phenoxy) is 5. The molecular formula is C25H46N2O10+2. The number of quaternary nitrogens is 2. The third-order valence-electron chi connectivity index (χ3n) is 4.73. The summed E-state index contributed by atoms with van der Waals surface area (Å²) in [6.45, 7) is 2.87. The van der Waals surface area contributed by atoms with Crippen LogP contribution in [0.15, 0.2) is 0 Å². The van der Waals surface area contributed by atoms with E-state index in [0.717, 1.165) is 0 Å². The first-order chi connectivity index (χ1) is 17.1. The maximum atomic E-state index is 12.0. The number of carbonyl (C=O) groups is 5. The summed E-state index contributed by atoms with van der Waals surface area (Å²) in [5.41, 5.74) is 0. The van der Waals surface area contributed by atoms with E-state index in [2.05, 4.69) is 0 Å². The van der Waals surface area contributed by atoms with E-state index in [1.807, 2.05) is 42.3 Å². The minimum Gasteiger partial charge on any atom is -0.462 e. The van der Waals surface area contributed by atoms with Crippen molar-refractivity contribution in [3.63, 3.8) is 0 Å². The van der Waals surface area contributed by atoms with Gasteiger partial charge in [-0.3, -0.25) is 24.0 Å². The number of esters is 5. The predicted octanol–water partition coefficient (Wildman–Crippen LogP) is 0.844. The van der Waals surface area contributed by atoms with Gasteiger partial charge < -0.3 is 32.7 Å². The highest BCUT2D eigenvalue weighted by Crippen LogP contribution is 2.05. The van der Waals surface area contributed by atoms with Gasteiger partial charge in [0.25, 0.3) is 0 Å². The van der Waals surface area contributed by atoms with Crippen molar-refractivity contribution in [2.45, 2.75) is 51.6 Å². The molecule has 0 unspecified atom stereocenters. The molecule has 0 amide bonds. The molecular weight excluding hydrogens is 488 g/mol. The molecule has 0 aliphatic heterocycles. The van der Waals surface area contributed by atoms with E-state index in [-0.39, 0.29) is 58.5 Å². The minimum atomic E-state index is -1.01. The van der Waals surface area contributed by atoms with Crippen LogP contribution in [0.4, 0.5) is 0 Å². The molecule has 0 radical (unpaired) electrons. The molecule has 12 heteroatoms. The zero-order valence-corrected chi connectivity index (χ0v) is 23.5. The molecule has 0 aliphatic rings. The van der Waals surface area contributed by atoms with E-state index in [0.29, 0.717) is 28.5 Å². The third-order valence-corrected chi connectivity index (χ3v) is 4.73. The summed E-state index contributed by atoms with van der Waals surface area (Å²) in [4.78, 5) is 59.5. The van der Waals surface area contributed by atoms with Gasteiger partial charge in [-0.25, -0.2) is 0 Å². The number of rotatable bonds is 19. The lowest BCUT2D eigenvalue weighted by molar-refractivity contribution is -0.870.